The molecule has 0 rings (SSSR count). The van der Waals surface area contributed by atoms with Gasteiger partial charge in [-0.3, -0.25) is 9.59 Å². The molecule has 0 aliphatic heterocycles. The van der Waals surface area contributed by atoms with Crippen LogP contribution in [0.15, 0.2) is 0 Å². The van der Waals surface area contributed by atoms with Gasteiger partial charge in [0.1, 0.15) is 11.6 Å². The second-order valence-electron chi connectivity index (χ2n) is 5.83. The number of carbonyl (C=O) groups excluding carboxylic acids is 2. The van der Waals surface area contributed by atoms with E-state index in [1.165, 1.54) is 0 Å². The van der Waals surface area contributed by atoms with Crippen LogP contribution in [0.25, 0.3) is 0 Å². The summed E-state index contributed by atoms with van der Waals surface area (Å²) in [5.74, 6) is -3.18. The predicted molar refractivity (Wildman–Crippen MR) is 70.8 cm³/mol. The van der Waals surface area contributed by atoms with Gasteiger partial charge in [-0.2, -0.15) is 0 Å². The first-order valence-corrected chi connectivity index (χ1v) is 6.34. The minimum Gasteiger partial charge on any atom is -0.481 e. The van der Waals surface area contributed by atoms with Gasteiger partial charge in [0.05, 0.1) is 6.42 Å². The number of carbonyl (C=O) groups is 3. The number of esters is 2. The summed E-state index contributed by atoms with van der Waals surface area (Å²) in [7, 11) is 0. The molecule has 0 saturated heterocycles. The number of hydrogen-bond acceptors (Lipinski definition) is 6. The van der Waals surface area contributed by atoms with E-state index in [0.29, 0.717) is 0 Å². The maximum Gasteiger partial charge on any atom is 0.348 e. The molecule has 0 aromatic carbocycles. The number of carboxylic acid groups (broad SMARTS) is 1. The van der Waals surface area contributed by atoms with Gasteiger partial charge in [-0.15, -0.1) is 0 Å². The molecule has 0 aliphatic rings. The van der Waals surface area contributed by atoms with Gasteiger partial charge >= 0.3 is 17.9 Å². The van der Waals surface area contributed by atoms with Crippen molar-refractivity contribution < 1.29 is 29.0 Å². The Morgan fingerprint density at radius 3 is 2.00 bits per heavy atom. The highest BCUT2D eigenvalue weighted by Crippen LogP contribution is 2.13. The van der Waals surface area contributed by atoms with E-state index in [1.807, 2.05) is 0 Å². The molecule has 0 amide bonds. The van der Waals surface area contributed by atoms with Crippen LogP contribution in [0.1, 0.15) is 41.0 Å². The zero-order valence-electron chi connectivity index (χ0n) is 12.5. The Morgan fingerprint density at radius 1 is 1.15 bits per heavy atom. The zero-order chi connectivity index (χ0) is 16.1. The first-order valence-electron chi connectivity index (χ1n) is 6.34. The molecule has 7 nitrogen and oxygen atoms in total. The van der Waals surface area contributed by atoms with Crippen molar-refractivity contribution in [1.29, 1.82) is 0 Å². The smallest absolute Gasteiger partial charge is 0.348 e. The minimum atomic E-state index is -1.50. The summed E-state index contributed by atoms with van der Waals surface area (Å²) in [6.45, 7) is 8.32. The zero-order valence-corrected chi connectivity index (χ0v) is 12.5. The average Bonchev–Trinajstić information content (AvgIpc) is 2.23. The molecule has 2 atom stereocenters. The average molecular weight is 289 g/mol. The second-order valence-corrected chi connectivity index (χ2v) is 5.83. The topological polar surface area (TPSA) is 116 Å². The number of carboxylic acids is 1. The molecule has 0 fully saturated rings. The van der Waals surface area contributed by atoms with Gasteiger partial charge in [0.15, 0.2) is 0 Å². The molecule has 0 radical (unpaired) electrons. The normalized spacial score (nSPS) is 14.6. The highest BCUT2D eigenvalue weighted by molar-refractivity contribution is 5.85. The van der Waals surface area contributed by atoms with Crippen LogP contribution in [0.5, 0.6) is 0 Å². The van der Waals surface area contributed by atoms with Crippen LogP contribution in [0.3, 0.4) is 0 Å². The lowest BCUT2D eigenvalue weighted by atomic mass is 10.1. The summed E-state index contributed by atoms with van der Waals surface area (Å²) in [5, 5.41) is 8.76. The van der Waals surface area contributed by atoms with Crippen molar-refractivity contribution in [3.63, 3.8) is 0 Å². The van der Waals surface area contributed by atoms with Crippen LogP contribution < -0.4 is 5.73 Å². The van der Waals surface area contributed by atoms with Gasteiger partial charge < -0.3 is 20.3 Å². The van der Waals surface area contributed by atoms with Gasteiger partial charge in [0, 0.05) is 0 Å². The lowest BCUT2D eigenvalue weighted by molar-refractivity contribution is -0.179. The van der Waals surface area contributed by atoms with Crippen molar-refractivity contribution in [3.05, 3.63) is 0 Å². The van der Waals surface area contributed by atoms with Gasteiger partial charge in [-0.25, -0.2) is 4.79 Å². The maximum atomic E-state index is 11.8. The van der Waals surface area contributed by atoms with E-state index >= 15 is 0 Å². The molecule has 7 heteroatoms. The minimum absolute atomic E-state index is 0.188. The van der Waals surface area contributed by atoms with Crippen LogP contribution in [-0.2, 0) is 23.9 Å². The standard InChI is InChI=1S/C13H23NO6/c1-7(2)10(14)12(18)19-8(6-9(15)16)11(17)20-13(3,4)5/h7-8,10H,6,14H2,1-5H3,(H,15,16)/t8?,10-/m0/s1. The van der Waals surface area contributed by atoms with Crippen molar-refractivity contribution in [3.8, 4) is 0 Å². The summed E-state index contributed by atoms with van der Waals surface area (Å²) >= 11 is 0. The Balaban J connectivity index is 4.85. The van der Waals surface area contributed by atoms with E-state index in [2.05, 4.69) is 0 Å². The molecule has 0 saturated carbocycles. The Bertz CT molecular complexity index is 372. The van der Waals surface area contributed by atoms with Gasteiger partial charge in [0.25, 0.3) is 0 Å². The summed E-state index contributed by atoms with van der Waals surface area (Å²) in [4.78, 5) is 34.3. The number of ether oxygens (including phenoxy) is 2. The van der Waals surface area contributed by atoms with E-state index in [-0.39, 0.29) is 5.92 Å². The molecule has 0 spiro atoms. The third kappa shape index (κ3) is 7.08. The lowest BCUT2D eigenvalue weighted by Crippen LogP contribution is -2.43. The molecule has 0 aliphatic carbocycles. The highest BCUT2D eigenvalue weighted by Gasteiger charge is 2.32. The van der Waals surface area contributed by atoms with Crippen molar-refractivity contribution in [2.45, 2.75) is 58.8 Å². The van der Waals surface area contributed by atoms with Crippen LogP contribution in [0.2, 0.25) is 0 Å². The molecule has 0 heterocycles. The number of rotatable bonds is 6. The fourth-order valence-electron chi connectivity index (χ4n) is 1.19. The number of aliphatic carboxylic acids is 1. The molecule has 116 valence electrons. The van der Waals surface area contributed by atoms with E-state index in [4.69, 9.17) is 20.3 Å². The van der Waals surface area contributed by atoms with Gasteiger partial charge in [-0.05, 0) is 26.7 Å². The Labute approximate surface area is 118 Å². The van der Waals surface area contributed by atoms with E-state index in [9.17, 15) is 14.4 Å². The van der Waals surface area contributed by atoms with E-state index in [0.717, 1.165) is 0 Å². The largest absolute Gasteiger partial charge is 0.481 e. The number of nitrogens with two attached hydrogens (primary N) is 1. The van der Waals surface area contributed by atoms with E-state index < -0.39 is 42.1 Å². The molecule has 1 unspecified atom stereocenters. The van der Waals surface area contributed by atoms with Crippen molar-refractivity contribution in [2.75, 3.05) is 0 Å². The van der Waals surface area contributed by atoms with Crippen LogP contribution in [-0.4, -0.2) is 40.8 Å². The molecule has 0 bridgehead atoms. The second kappa shape index (κ2) is 7.23. The fraction of sp³-hybridized carbons (Fsp3) is 0.769. The van der Waals surface area contributed by atoms with Gasteiger partial charge in [0.2, 0.25) is 6.10 Å². The fourth-order valence-corrected chi connectivity index (χ4v) is 1.19. The first kappa shape index (κ1) is 18.4. The van der Waals surface area contributed by atoms with Crippen molar-refractivity contribution >= 4 is 17.9 Å². The SMILES string of the molecule is CC(C)[C@H](N)C(=O)OC(CC(=O)O)C(=O)OC(C)(C)C. The Hall–Kier alpha value is -1.63. The molecule has 20 heavy (non-hydrogen) atoms. The molecule has 0 aromatic rings. The summed E-state index contributed by atoms with van der Waals surface area (Å²) in [6, 6.07) is -0.922. The van der Waals surface area contributed by atoms with Gasteiger partial charge in [-0.1, -0.05) is 13.8 Å². The van der Waals surface area contributed by atoms with Crippen LogP contribution in [0.4, 0.5) is 0 Å². The molecular formula is C13H23NO6. The van der Waals surface area contributed by atoms with Crippen molar-refractivity contribution in [2.24, 2.45) is 11.7 Å². The highest BCUT2D eigenvalue weighted by atomic mass is 16.6. The molecule has 0 aromatic heterocycles. The molecular weight excluding hydrogens is 266 g/mol. The monoisotopic (exact) mass is 289 g/mol. The third-order valence-corrected chi connectivity index (χ3v) is 2.28. The summed E-state index contributed by atoms with van der Waals surface area (Å²) in [6.07, 6.45) is -2.16. The molecule has 3 N–H and O–H groups in total. The number of hydrogen-bond donors (Lipinski definition) is 2. The predicted octanol–water partition coefficient (Wildman–Crippen LogP) is 0.698. The lowest BCUT2D eigenvalue weighted by Gasteiger charge is -2.24. The van der Waals surface area contributed by atoms with Crippen LogP contribution >= 0.6 is 0 Å². The quantitative estimate of drug-likeness (QED) is 0.691. The first-order chi connectivity index (χ1) is 8.94. The third-order valence-electron chi connectivity index (χ3n) is 2.28. The Kier molecular flexibility index (Phi) is 6.64. The summed E-state index contributed by atoms with van der Waals surface area (Å²) < 4.78 is 9.89. The Morgan fingerprint density at radius 2 is 1.65 bits per heavy atom. The maximum absolute atomic E-state index is 11.8. The van der Waals surface area contributed by atoms with E-state index in [1.54, 1.807) is 34.6 Å². The van der Waals surface area contributed by atoms with Crippen molar-refractivity contribution in [1.82, 2.24) is 0 Å². The van der Waals surface area contributed by atoms with Crippen LogP contribution in [0, 0.1) is 5.92 Å². The summed E-state index contributed by atoms with van der Waals surface area (Å²) in [5.41, 5.74) is 4.79.